The maximum atomic E-state index is 9.02. The van der Waals surface area contributed by atoms with Crippen molar-refractivity contribution in [3.8, 4) is 6.07 Å². The molecule has 2 N–H and O–H groups in total. The van der Waals surface area contributed by atoms with Gasteiger partial charge in [-0.3, -0.25) is 5.32 Å². The summed E-state index contributed by atoms with van der Waals surface area (Å²) in [6.07, 6.45) is 0. The molecule has 2 heterocycles. The van der Waals surface area contributed by atoms with E-state index in [-0.39, 0.29) is 6.04 Å². The average molecular weight is 272 g/mol. The molecule has 1 aromatic heterocycles. The largest absolute Gasteiger partial charge is 0.314 e. The molecular weight excluding hydrogens is 262 g/mol. The van der Waals surface area contributed by atoms with Crippen molar-refractivity contribution in [2.45, 2.75) is 12.1 Å². The van der Waals surface area contributed by atoms with Crippen LogP contribution < -0.4 is 10.6 Å². The number of nitrogens with zero attached hydrogens (tertiary/aromatic N) is 1. The molecule has 1 aliphatic rings. The van der Waals surface area contributed by atoms with Gasteiger partial charge in [-0.1, -0.05) is 0 Å². The Morgan fingerprint density at radius 2 is 2.43 bits per heavy atom. The third-order valence-electron chi connectivity index (χ3n) is 2.19. The van der Waals surface area contributed by atoms with Gasteiger partial charge < -0.3 is 5.32 Å². The standard InChI is InChI=1S/C9H10BrN3S/c10-9-2-1-8(14-9)7(3-11)13-6-4-12-5-6/h1-2,6-7,12-13H,4-5H2. The van der Waals surface area contributed by atoms with Crippen LogP contribution in [0.15, 0.2) is 15.9 Å². The topological polar surface area (TPSA) is 47.9 Å². The first-order valence-electron chi connectivity index (χ1n) is 4.41. The summed E-state index contributed by atoms with van der Waals surface area (Å²) in [6.45, 7) is 1.93. The monoisotopic (exact) mass is 271 g/mol. The minimum atomic E-state index is -0.168. The Bertz CT molecular complexity index is 353. The van der Waals surface area contributed by atoms with Crippen LogP contribution in [0.25, 0.3) is 0 Å². The molecule has 5 heteroatoms. The van der Waals surface area contributed by atoms with E-state index < -0.39 is 0 Å². The number of nitrogens with one attached hydrogen (secondary N) is 2. The Morgan fingerprint density at radius 3 is 2.86 bits per heavy atom. The highest BCUT2D eigenvalue weighted by Gasteiger charge is 2.22. The highest BCUT2D eigenvalue weighted by molar-refractivity contribution is 9.11. The second kappa shape index (κ2) is 4.41. The van der Waals surface area contributed by atoms with Crippen molar-refractivity contribution >= 4 is 27.3 Å². The summed E-state index contributed by atoms with van der Waals surface area (Å²) < 4.78 is 1.07. The predicted molar refractivity (Wildman–Crippen MR) is 60.2 cm³/mol. The van der Waals surface area contributed by atoms with E-state index in [9.17, 15) is 0 Å². The zero-order chi connectivity index (χ0) is 9.97. The molecule has 1 aliphatic heterocycles. The van der Waals surface area contributed by atoms with Crippen LogP contribution in [0.1, 0.15) is 10.9 Å². The van der Waals surface area contributed by atoms with Crippen LogP contribution in [-0.2, 0) is 0 Å². The van der Waals surface area contributed by atoms with Gasteiger partial charge in [-0.2, -0.15) is 5.26 Å². The van der Waals surface area contributed by atoms with Crippen molar-refractivity contribution in [3.05, 3.63) is 20.8 Å². The van der Waals surface area contributed by atoms with Crippen LogP contribution >= 0.6 is 27.3 Å². The molecule has 0 aliphatic carbocycles. The summed E-state index contributed by atoms with van der Waals surface area (Å²) in [5, 5.41) is 15.5. The lowest BCUT2D eigenvalue weighted by Crippen LogP contribution is -2.55. The van der Waals surface area contributed by atoms with E-state index in [0.29, 0.717) is 6.04 Å². The van der Waals surface area contributed by atoms with Gasteiger partial charge in [0.1, 0.15) is 6.04 Å². The second-order valence-corrected chi connectivity index (χ2v) is 5.72. The predicted octanol–water partition coefficient (Wildman–Crippen LogP) is 1.64. The fraction of sp³-hybridized carbons (Fsp3) is 0.444. The molecule has 0 spiro atoms. The molecule has 1 saturated heterocycles. The smallest absolute Gasteiger partial charge is 0.130 e. The normalized spacial score (nSPS) is 18.6. The highest BCUT2D eigenvalue weighted by atomic mass is 79.9. The van der Waals surface area contributed by atoms with Gasteiger partial charge in [-0.25, -0.2) is 0 Å². The number of hydrogen-bond acceptors (Lipinski definition) is 4. The van der Waals surface area contributed by atoms with E-state index in [1.165, 1.54) is 0 Å². The Morgan fingerprint density at radius 1 is 1.64 bits per heavy atom. The lowest BCUT2D eigenvalue weighted by molar-refractivity contribution is 0.353. The maximum Gasteiger partial charge on any atom is 0.130 e. The van der Waals surface area contributed by atoms with E-state index in [0.717, 1.165) is 21.8 Å². The van der Waals surface area contributed by atoms with E-state index in [1.54, 1.807) is 11.3 Å². The SMILES string of the molecule is N#CC(NC1CNC1)c1ccc(Br)s1. The zero-order valence-electron chi connectivity index (χ0n) is 7.46. The summed E-state index contributed by atoms with van der Waals surface area (Å²) in [4.78, 5) is 1.08. The van der Waals surface area contributed by atoms with Crippen molar-refractivity contribution < 1.29 is 0 Å². The summed E-state index contributed by atoms with van der Waals surface area (Å²) >= 11 is 5.00. The van der Waals surface area contributed by atoms with Gasteiger partial charge in [-0.15, -0.1) is 11.3 Å². The third-order valence-corrected chi connectivity index (χ3v) is 3.88. The second-order valence-electron chi connectivity index (χ2n) is 3.23. The van der Waals surface area contributed by atoms with Crippen LogP contribution in [0.3, 0.4) is 0 Å². The first-order chi connectivity index (χ1) is 6.79. The molecule has 1 fully saturated rings. The van der Waals surface area contributed by atoms with Gasteiger partial charge in [-0.05, 0) is 28.1 Å². The molecule has 14 heavy (non-hydrogen) atoms. The highest BCUT2D eigenvalue weighted by Crippen LogP contribution is 2.27. The van der Waals surface area contributed by atoms with E-state index in [1.807, 2.05) is 12.1 Å². The van der Waals surface area contributed by atoms with Crippen LogP contribution in [0.5, 0.6) is 0 Å². The van der Waals surface area contributed by atoms with Crippen molar-refractivity contribution in [2.75, 3.05) is 13.1 Å². The Balaban J connectivity index is 2.02. The van der Waals surface area contributed by atoms with Crippen LogP contribution in [0, 0.1) is 11.3 Å². The van der Waals surface area contributed by atoms with Gasteiger partial charge in [0.15, 0.2) is 0 Å². The maximum absolute atomic E-state index is 9.02. The summed E-state index contributed by atoms with van der Waals surface area (Å²) in [5.41, 5.74) is 0. The van der Waals surface area contributed by atoms with Crippen molar-refractivity contribution in [3.63, 3.8) is 0 Å². The first kappa shape index (κ1) is 10.1. The van der Waals surface area contributed by atoms with Crippen molar-refractivity contribution in [1.82, 2.24) is 10.6 Å². The summed E-state index contributed by atoms with van der Waals surface area (Å²) in [6, 6.07) is 6.52. The van der Waals surface area contributed by atoms with Crippen LogP contribution in [0.2, 0.25) is 0 Å². The summed E-state index contributed by atoms with van der Waals surface area (Å²) in [7, 11) is 0. The molecule has 1 atom stereocenters. The molecule has 0 saturated carbocycles. The van der Waals surface area contributed by atoms with Gasteiger partial charge in [0, 0.05) is 24.0 Å². The van der Waals surface area contributed by atoms with Crippen molar-refractivity contribution in [2.24, 2.45) is 0 Å². The molecule has 0 bridgehead atoms. The van der Waals surface area contributed by atoms with Crippen LogP contribution in [0.4, 0.5) is 0 Å². The minimum Gasteiger partial charge on any atom is -0.314 e. The van der Waals surface area contributed by atoms with Crippen LogP contribution in [-0.4, -0.2) is 19.1 Å². The zero-order valence-corrected chi connectivity index (χ0v) is 9.86. The molecule has 3 nitrogen and oxygen atoms in total. The lowest BCUT2D eigenvalue weighted by atomic mass is 10.1. The molecule has 1 unspecified atom stereocenters. The average Bonchev–Trinajstić information content (AvgIpc) is 2.50. The number of hydrogen-bond donors (Lipinski definition) is 2. The number of nitriles is 1. The molecular formula is C9H10BrN3S. The lowest BCUT2D eigenvalue weighted by Gasteiger charge is -2.29. The fourth-order valence-corrected chi connectivity index (χ4v) is 2.74. The van der Waals surface area contributed by atoms with Crippen molar-refractivity contribution in [1.29, 1.82) is 5.26 Å². The quantitative estimate of drug-likeness (QED) is 0.879. The summed E-state index contributed by atoms with van der Waals surface area (Å²) in [5.74, 6) is 0. The third kappa shape index (κ3) is 2.15. The molecule has 74 valence electrons. The Kier molecular flexibility index (Phi) is 3.19. The number of halogens is 1. The van der Waals surface area contributed by atoms with E-state index in [2.05, 4.69) is 32.6 Å². The Hall–Kier alpha value is -0.410. The van der Waals surface area contributed by atoms with Gasteiger partial charge in [0.05, 0.1) is 9.86 Å². The molecule has 0 aromatic carbocycles. The van der Waals surface area contributed by atoms with Gasteiger partial charge in [0.25, 0.3) is 0 Å². The number of thiophene rings is 1. The minimum absolute atomic E-state index is 0.168. The molecule has 0 radical (unpaired) electrons. The van der Waals surface area contributed by atoms with E-state index >= 15 is 0 Å². The van der Waals surface area contributed by atoms with Gasteiger partial charge >= 0.3 is 0 Å². The number of rotatable bonds is 3. The Labute approximate surface area is 95.3 Å². The molecule has 0 amide bonds. The first-order valence-corrected chi connectivity index (χ1v) is 6.02. The fourth-order valence-electron chi connectivity index (χ4n) is 1.31. The molecule has 2 rings (SSSR count). The van der Waals surface area contributed by atoms with Gasteiger partial charge in [0.2, 0.25) is 0 Å². The van der Waals surface area contributed by atoms with E-state index in [4.69, 9.17) is 5.26 Å². The molecule has 1 aromatic rings.